The number of carbonyl (C=O) groups excluding carboxylic acids is 2. The van der Waals surface area contributed by atoms with Gasteiger partial charge in [-0.1, -0.05) is 30.3 Å². The van der Waals surface area contributed by atoms with Crippen LogP contribution in [0, 0.1) is 18.7 Å². The zero-order valence-electron chi connectivity index (χ0n) is 18.0. The van der Waals surface area contributed by atoms with Crippen LogP contribution in [-0.2, 0) is 16.0 Å². The highest BCUT2D eigenvalue weighted by Gasteiger charge is 2.45. The predicted molar refractivity (Wildman–Crippen MR) is 120 cm³/mol. The molecule has 10 heteroatoms. The smallest absolute Gasteiger partial charge is 0.230 e. The Hall–Kier alpha value is -3.76. The summed E-state index contributed by atoms with van der Waals surface area (Å²) in [7, 11) is 0. The number of para-hydroxylation sites is 1. The number of rotatable bonds is 5. The molecule has 3 atom stereocenters. The molecule has 5 rings (SSSR count). The van der Waals surface area contributed by atoms with Gasteiger partial charge in [0.15, 0.2) is 6.29 Å². The van der Waals surface area contributed by atoms with Crippen LogP contribution >= 0.6 is 0 Å². The third-order valence-corrected chi connectivity index (χ3v) is 5.77. The van der Waals surface area contributed by atoms with Gasteiger partial charge in [-0.15, -0.1) is 0 Å². The van der Waals surface area contributed by atoms with Gasteiger partial charge in [-0.25, -0.2) is 14.5 Å². The molecule has 2 aromatic carbocycles. The van der Waals surface area contributed by atoms with Crippen LogP contribution in [0.25, 0.3) is 0 Å². The minimum Gasteiger partial charge on any atom is -0.321 e. The number of benzene rings is 2. The number of fused-ring (bicyclic) bond motifs is 1. The minimum atomic E-state index is -0.653. The topological polar surface area (TPSA) is 103 Å². The standard InChI is InChI=1S/C23H24FN7O2/c1-14-11-19(26-20(32)12-15-7-9-16(24)10-8-15)31(29-14)23-27-21-18(22(33)28-23)13-25-30(21)17-5-3-2-4-6-17/h2-11,18,21,23,25,27H,12-13H2,1H3,(H,26,32)(H,28,33). The molecular weight excluding hydrogens is 425 g/mol. The zero-order valence-corrected chi connectivity index (χ0v) is 18.0. The summed E-state index contributed by atoms with van der Waals surface area (Å²) in [6.45, 7) is 2.32. The molecular formula is C23H24FN7O2. The van der Waals surface area contributed by atoms with Crippen molar-refractivity contribution in [3.8, 4) is 0 Å². The lowest BCUT2D eigenvalue weighted by Gasteiger charge is -2.37. The van der Waals surface area contributed by atoms with E-state index in [0.717, 1.165) is 5.69 Å². The number of hydrazine groups is 1. The van der Waals surface area contributed by atoms with Gasteiger partial charge in [0.05, 0.1) is 23.7 Å². The van der Waals surface area contributed by atoms with Crippen molar-refractivity contribution in [3.05, 3.63) is 77.7 Å². The van der Waals surface area contributed by atoms with Crippen LogP contribution in [0.3, 0.4) is 0 Å². The normalized spacial score (nSPS) is 22.1. The van der Waals surface area contributed by atoms with E-state index in [1.54, 1.807) is 22.9 Å². The highest BCUT2D eigenvalue weighted by molar-refractivity contribution is 5.91. The molecule has 4 N–H and O–H groups in total. The summed E-state index contributed by atoms with van der Waals surface area (Å²) in [5.74, 6) is -0.554. The average molecular weight is 449 g/mol. The number of nitrogens with one attached hydrogen (secondary N) is 4. The number of aromatic nitrogens is 2. The molecule has 3 unspecified atom stereocenters. The highest BCUT2D eigenvalue weighted by atomic mass is 19.1. The second-order valence-electron chi connectivity index (χ2n) is 8.16. The first-order chi connectivity index (χ1) is 16.0. The summed E-state index contributed by atoms with van der Waals surface area (Å²) in [6.07, 6.45) is -0.858. The van der Waals surface area contributed by atoms with Crippen molar-refractivity contribution in [2.45, 2.75) is 25.8 Å². The van der Waals surface area contributed by atoms with Crippen molar-refractivity contribution < 1.29 is 14.0 Å². The molecule has 3 heterocycles. The second kappa shape index (κ2) is 8.64. The number of hydrogen-bond acceptors (Lipinski definition) is 6. The van der Waals surface area contributed by atoms with Crippen LogP contribution in [0.1, 0.15) is 17.5 Å². The zero-order chi connectivity index (χ0) is 22.9. The first-order valence-corrected chi connectivity index (χ1v) is 10.7. The number of amides is 2. The van der Waals surface area contributed by atoms with E-state index < -0.39 is 6.29 Å². The molecule has 0 aliphatic carbocycles. The third-order valence-electron chi connectivity index (χ3n) is 5.77. The maximum absolute atomic E-state index is 13.1. The van der Waals surface area contributed by atoms with E-state index in [9.17, 15) is 14.0 Å². The van der Waals surface area contributed by atoms with E-state index in [2.05, 4.69) is 26.5 Å². The van der Waals surface area contributed by atoms with Crippen LogP contribution in [0.4, 0.5) is 15.9 Å². The van der Waals surface area contributed by atoms with Crippen LogP contribution in [0.5, 0.6) is 0 Å². The Morgan fingerprint density at radius 1 is 1.18 bits per heavy atom. The van der Waals surface area contributed by atoms with Crippen LogP contribution < -0.4 is 26.4 Å². The van der Waals surface area contributed by atoms with E-state index in [0.29, 0.717) is 23.6 Å². The number of hydrogen-bond donors (Lipinski definition) is 4. The molecule has 0 spiro atoms. The van der Waals surface area contributed by atoms with Gasteiger partial charge < -0.3 is 10.6 Å². The molecule has 2 amide bonds. The van der Waals surface area contributed by atoms with Crippen LogP contribution in [0.2, 0.25) is 0 Å². The van der Waals surface area contributed by atoms with Crippen molar-refractivity contribution >= 4 is 23.3 Å². The Morgan fingerprint density at radius 2 is 1.94 bits per heavy atom. The maximum atomic E-state index is 13.1. The van der Waals surface area contributed by atoms with Gasteiger partial charge >= 0.3 is 0 Å². The number of halogens is 1. The second-order valence-corrected chi connectivity index (χ2v) is 8.16. The Balaban J connectivity index is 1.34. The van der Waals surface area contributed by atoms with E-state index >= 15 is 0 Å². The average Bonchev–Trinajstić information content (AvgIpc) is 3.39. The molecule has 0 bridgehead atoms. The van der Waals surface area contributed by atoms with Gasteiger partial charge in [-0.2, -0.15) is 5.10 Å². The van der Waals surface area contributed by atoms with Gasteiger partial charge in [0.1, 0.15) is 17.8 Å². The highest BCUT2D eigenvalue weighted by Crippen LogP contribution is 2.27. The quantitative estimate of drug-likeness (QED) is 0.473. The summed E-state index contributed by atoms with van der Waals surface area (Å²) in [5.41, 5.74) is 5.61. The number of carbonyl (C=O) groups is 2. The van der Waals surface area contributed by atoms with E-state index in [4.69, 9.17) is 0 Å². The molecule has 0 saturated carbocycles. The first kappa shape index (κ1) is 21.1. The molecule has 3 aromatic rings. The number of aryl methyl sites for hydroxylation is 1. The van der Waals surface area contributed by atoms with Gasteiger partial charge in [-0.05, 0) is 36.8 Å². The summed E-state index contributed by atoms with van der Waals surface area (Å²) in [4.78, 5) is 25.5. The lowest BCUT2D eigenvalue weighted by Crippen LogP contribution is -2.61. The Morgan fingerprint density at radius 3 is 2.70 bits per heavy atom. The predicted octanol–water partition coefficient (Wildman–Crippen LogP) is 1.65. The van der Waals surface area contributed by atoms with Gasteiger partial charge in [0.2, 0.25) is 11.8 Å². The summed E-state index contributed by atoms with van der Waals surface area (Å²) in [6, 6.07) is 17.3. The van der Waals surface area contributed by atoms with Gasteiger partial charge in [0, 0.05) is 12.6 Å². The van der Waals surface area contributed by atoms with Crippen molar-refractivity contribution in [3.63, 3.8) is 0 Å². The van der Waals surface area contributed by atoms with Crippen molar-refractivity contribution in [1.29, 1.82) is 0 Å². The summed E-state index contributed by atoms with van der Waals surface area (Å²) in [5, 5.41) is 15.7. The van der Waals surface area contributed by atoms with Crippen LogP contribution in [0.15, 0.2) is 60.7 Å². The Labute approximate surface area is 189 Å². The molecule has 1 aromatic heterocycles. The van der Waals surface area contributed by atoms with Crippen LogP contribution in [-0.4, -0.2) is 34.3 Å². The number of anilines is 2. The SMILES string of the molecule is Cc1cc(NC(=O)Cc2ccc(F)cc2)n(C2NC(=O)C3CNN(c4ccccc4)C3N2)n1. The molecule has 33 heavy (non-hydrogen) atoms. The lowest BCUT2D eigenvalue weighted by atomic mass is 10.0. The van der Waals surface area contributed by atoms with E-state index in [-0.39, 0.29) is 36.1 Å². The largest absolute Gasteiger partial charge is 0.321 e. The molecule has 0 radical (unpaired) electrons. The van der Waals surface area contributed by atoms with Gasteiger partial charge in [0.25, 0.3) is 0 Å². The fourth-order valence-corrected chi connectivity index (χ4v) is 4.21. The minimum absolute atomic E-state index is 0.0887. The molecule has 2 aliphatic rings. The fourth-order valence-electron chi connectivity index (χ4n) is 4.21. The molecule has 2 aliphatic heterocycles. The fraction of sp³-hybridized carbons (Fsp3) is 0.261. The summed E-state index contributed by atoms with van der Waals surface area (Å²) < 4.78 is 14.7. The molecule has 9 nitrogen and oxygen atoms in total. The molecule has 170 valence electrons. The van der Waals surface area contributed by atoms with Crippen molar-refractivity contribution in [1.82, 2.24) is 25.8 Å². The van der Waals surface area contributed by atoms with Gasteiger partial charge in [-0.3, -0.25) is 19.9 Å². The number of nitrogens with zero attached hydrogens (tertiary/aromatic N) is 3. The monoisotopic (exact) mass is 449 g/mol. The lowest BCUT2D eigenvalue weighted by molar-refractivity contribution is -0.129. The first-order valence-electron chi connectivity index (χ1n) is 10.7. The Kier molecular flexibility index (Phi) is 5.53. The van der Waals surface area contributed by atoms with Crippen molar-refractivity contribution in [2.75, 3.05) is 16.9 Å². The maximum Gasteiger partial charge on any atom is 0.230 e. The Bertz CT molecular complexity index is 1170. The summed E-state index contributed by atoms with van der Waals surface area (Å²) >= 11 is 0. The van der Waals surface area contributed by atoms with Crippen molar-refractivity contribution in [2.24, 2.45) is 5.92 Å². The van der Waals surface area contributed by atoms with E-state index in [1.165, 1.54) is 12.1 Å². The van der Waals surface area contributed by atoms with E-state index in [1.807, 2.05) is 42.3 Å². The molecule has 2 fully saturated rings. The third kappa shape index (κ3) is 4.30. The molecule has 2 saturated heterocycles.